The number of fused-ring (bicyclic) bond motifs is 1. The zero-order valence-corrected chi connectivity index (χ0v) is 15.2. The highest BCUT2D eigenvalue weighted by molar-refractivity contribution is 6.06. The van der Waals surface area contributed by atoms with Crippen molar-refractivity contribution < 1.29 is 9.53 Å². The van der Waals surface area contributed by atoms with Crippen LogP contribution in [0.5, 0.6) is 5.75 Å². The van der Waals surface area contributed by atoms with Crippen LogP contribution >= 0.6 is 0 Å². The predicted octanol–water partition coefficient (Wildman–Crippen LogP) is 3.79. The van der Waals surface area contributed by atoms with Gasteiger partial charge >= 0.3 is 0 Å². The van der Waals surface area contributed by atoms with Crippen LogP contribution in [0, 0.1) is 18.3 Å². The van der Waals surface area contributed by atoms with Crippen LogP contribution in [0.1, 0.15) is 35.6 Å². The lowest BCUT2D eigenvalue weighted by molar-refractivity contribution is 0.102. The lowest BCUT2D eigenvalue weighted by Gasteiger charge is -2.15. The summed E-state index contributed by atoms with van der Waals surface area (Å²) in [6.07, 6.45) is -0.0496. The lowest BCUT2D eigenvalue weighted by atomic mass is 10.1. The Labute approximate surface area is 152 Å². The van der Waals surface area contributed by atoms with Gasteiger partial charge < -0.3 is 14.6 Å². The highest BCUT2D eigenvalue weighted by Gasteiger charge is 2.14. The number of aryl methyl sites for hydroxylation is 2. The highest BCUT2D eigenvalue weighted by atomic mass is 16.5. The molecule has 1 N–H and O–H groups in total. The van der Waals surface area contributed by atoms with Crippen molar-refractivity contribution in [3.63, 3.8) is 0 Å². The minimum atomic E-state index is -0.279. The van der Waals surface area contributed by atoms with Gasteiger partial charge in [-0.25, -0.2) is 4.98 Å². The smallest absolute Gasteiger partial charge is 0.255 e. The molecular weight excluding hydrogens is 328 g/mol. The Kier molecular flexibility index (Phi) is 4.63. The van der Waals surface area contributed by atoms with Crippen molar-refractivity contribution in [1.82, 2.24) is 9.55 Å². The van der Waals surface area contributed by atoms with Crippen LogP contribution in [0.15, 0.2) is 36.4 Å². The fourth-order valence-electron chi connectivity index (χ4n) is 2.71. The summed E-state index contributed by atoms with van der Waals surface area (Å²) in [5, 5.41) is 12.0. The van der Waals surface area contributed by atoms with Gasteiger partial charge in [-0.1, -0.05) is 0 Å². The number of rotatable bonds is 4. The van der Waals surface area contributed by atoms with Crippen LogP contribution in [0.3, 0.4) is 0 Å². The van der Waals surface area contributed by atoms with E-state index in [1.54, 1.807) is 30.3 Å². The molecule has 0 saturated heterocycles. The van der Waals surface area contributed by atoms with E-state index in [-0.39, 0.29) is 12.0 Å². The minimum absolute atomic E-state index is 0.0496. The molecule has 0 aliphatic carbocycles. The second-order valence-corrected chi connectivity index (χ2v) is 6.36. The first-order valence-electron chi connectivity index (χ1n) is 8.34. The van der Waals surface area contributed by atoms with E-state index >= 15 is 0 Å². The van der Waals surface area contributed by atoms with Gasteiger partial charge in [-0.2, -0.15) is 5.26 Å². The van der Waals surface area contributed by atoms with Gasteiger partial charge in [0.25, 0.3) is 5.91 Å². The molecule has 26 heavy (non-hydrogen) atoms. The fourth-order valence-corrected chi connectivity index (χ4v) is 2.71. The number of carbonyl (C=O) groups is 1. The van der Waals surface area contributed by atoms with Gasteiger partial charge in [0.05, 0.1) is 34.5 Å². The zero-order valence-electron chi connectivity index (χ0n) is 15.2. The van der Waals surface area contributed by atoms with Crippen molar-refractivity contribution in [3.8, 4) is 11.8 Å². The standard InChI is InChI=1S/C20H20N4O2/c1-12(2)26-19-8-5-14(11-21)9-17(19)23-20(25)15-6-7-18-16(10-15)22-13(3)24(18)4/h5-10,12H,1-4H3,(H,23,25). The molecule has 6 nitrogen and oxygen atoms in total. The molecule has 132 valence electrons. The summed E-state index contributed by atoms with van der Waals surface area (Å²) in [6.45, 7) is 5.73. The maximum Gasteiger partial charge on any atom is 0.255 e. The molecule has 6 heteroatoms. The van der Waals surface area contributed by atoms with E-state index in [0.29, 0.717) is 22.6 Å². The summed E-state index contributed by atoms with van der Waals surface area (Å²) in [4.78, 5) is 17.2. The molecule has 1 heterocycles. The number of amides is 1. The number of imidazole rings is 1. The SMILES string of the molecule is Cc1nc2cc(C(=O)Nc3cc(C#N)ccc3OC(C)C)ccc2n1C. The molecule has 0 aliphatic rings. The molecule has 0 saturated carbocycles. The van der Waals surface area contributed by atoms with E-state index in [1.807, 2.05) is 38.5 Å². The number of nitriles is 1. The van der Waals surface area contributed by atoms with Gasteiger partial charge in [-0.15, -0.1) is 0 Å². The number of nitrogens with one attached hydrogen (secondary N) is 1. The minimum Gasteiger partial charge on any atom is -0.489 e. The number of nitrogens with zero attached hydrogens (tertiary/aromatic N) is 3. The Morgan fingerprint density at radius 3 is 2.73 bits per heavy atom. The van der Waals surface area contributed by atoms with Crippen molar-refractivity contribution in [2.45, 2.75) is 26.9 Å². The second kappa shape index (κ2) is 6.89. The molecule has 0 radical (unpaired) electrons. The van der Waals surface area contributed by atoms with Crippen LogP contribution in [-0.2, 0) is 7.05 Å². The van der Waals surface area contributed by atoms with Crippen LogP contribution in [-0.4, -0.2) is 21.6 Å². The van der Waals surface area contributed by atoms with Gasteiger partial charge in [0, 0.05) is 12.6 Å². The Hall–Kier alpha value is -3.33. The van der Waals surface area contributed by atoms with Gasteiger partial charge in [0.2, 0.25) is 0 Å². The average Bonchev–Trinajstić information content (AvgIpc) is 2.89. The number of ether oxygens (including phenoxy) is 1. The molecule has 0 aliphatic heterocycles. The Bertz CT molecular complexity index is 1030. The largest absolute Gasteiger partial charge is 0.489 e. The summed E-state index contributed by atoms with van der Waals surface area (Å²) in [7, 11) is 1.94. The van der Waals surface area contributed by atoms with Gasteiger partial charge in [0.1, 0.15) is 11.6 Å². The molecule has 0 fully saturated rings. The van der Waals surface area contributed by atoms with Gasteiger partial charge in [-0.05, 0) is 57.2 Å². The van der Waals surface area contributed by atoms with E-state index < -0.39 is 0 Å². The van der Waals surface area contributed by atoms with Crippen LogP contribution in [0.4, 0.5) is 5.69 Å². The average molecular weight is 348 g/mol. The van der Waals surface area contributed by atoms with E-state index in [4.69, 9.17) is 10.00 Å². The van der Waals surface area contributed by atoms with Crippen molar-refractivity contribution in [2.24, 2.45) is 7.05 Å². The molecule has 1 amide bonds. The summed E-state index contributed by atoms with van der Waals surface area (Å²) >= 11 is 0. The first kappa shape index (κ1) is 17.5. The molecule has 3 rings (SSSR count). The normalized spacial score (nSPS) is 10.8. The number of anilines is 1. The Morgan fingerprint density at radius 1 is 1.27 bits per heavy atom. The molecule has 0 unspecified atom stereocenters. The molecule has 0 atom stereocenters. The second-order valence-electron chi connectivity index (χ2n) is 6.36. The number of hydrogen-bond donors (Lipinski definition) is 1. The Balaban J connectivity index is 1.93. The Morgan fingerprint density at radius 2 is 2.04 bits per heavy atom. The van der Waals surface area contributed by atoms with E-state index in [2.05, 4.69) is 16.4 Å². The van der Waals surface area contributed by atoms with Crippen LogP contribution in [0.2, 0.25) is 0 Å². The third kappa shape index (κ3) is 3.38. The van der Waals surface area contributed by atoms with Crippen molar-refractivity contribution in [3.05, 3.63) is 53.3 Å². The van der Waals surface area contributed by atoms with E-state index in [1.165, 1.54) is 0 Å². The van der Waals surface area contributed by atoms with Crippen molar-refractivity contribution in [2.75, 3.05) is 5.32 Å². The highest BCUT2D eigenvalue weighted by Crippen LogP contribution is 2.27. The molecule has 3 aromatic rings. The first-order chi connectivity index (χ1) is 12.4. The summed E-state index contributed by atoms with van der Waals surface area (Å²) in [6, 6.07) is 12.4. The van der Waals surface area contributed by atoms with Crippen molar-refractivity contribution in [1.29, 1.82) is 5.26 Å². The molecule has 2 aromatic carbocycles. The van der Waals surface area contributed by atoms with E-state index in [0.717, 1.165) is 16.9 Å². The summed E-state index contributed by atoms with van der Waals surface area (Å²) < 4.78 is 7.71. The fraction of sp³-hybridized carbons (Fsp3) is 0.250. The number of aromatic nitrogens is 2. The maximum absolute atomic E-state index is 12.7. The predicted molar refractivity (Wildman–Crippen MR) is 100 cm³/mol. The third-order valence-electron chi connectivity index (χ3n) is 4.09. The summed E-state index contributed by atoms with van der Waals surface area (Å²) in [5.41, 5.74) is 3.15. The number of carbonyl (C=O) groups excluding carboxylic acids is 1. The first-order valence-corrected chi connectivity index (χ1v) is 8.34. The zero-order chi connectivity index (χ0) is 18.8. The van der Waals surface area contributed by atoms with Crippen LogP contribution < -0.4 is 10.1 Å². The van der Waals surface area contributed by atoms with Crippen molar-refractivity contribution >= 4 is 22.6 Å². The van der Waals surface area contributed by atoms with Gasteiger partial charge in [-0.3, -0.25) is 4.79 Å². The third-order valence-corrected chi connectivity index (χ3v) is 4.09. The topological polar surface area (TPSA) is 79.9 Å². The number of benzene rings is 2. The van der Waals surface area contributed by atoms with Gasteiger partial charge in [0.15, 0.2) is 0 Å². The van der Waals surface area contributed by atoms with Crippen LogP contribution in [0.25, 0.3) is 11.0 Å². The molecule has 0 bridgehead atoms. The lowest BCUT2D eigenvalue weighted by Crippen LogP contribution is -2.14. The maximum atomic E-state index is 12.7. The summed E-state index contributed by atoms with van der Waals surface area (Å²) in [5.74, 6) is 1.13. The quantitative estimate of drug-likeness (QED) is 0.778. The number of hydrogen-bond acceptors (Lipinski definition) is 4. The molecule has 0 spiro atoms. The molecular formula is C20H20N4O2. The van der Waals surface area contributed by atoms with E-state index in [9.17, 15) is 4.79 Å². The molecule has 1 aromatic heterocycles. The monoisotopic (exact) mass is 348 g/mol.